The van der Waals surface area contributed by atoms with E-state index in [1.807, 2.05) is 6.92 Å². The highest BCUT2D eigenvalue weighted by molar-refractivity contribution is 7.92. The molecule has 1 aliphatic rings. The minimum atomic E-state index is -3.83. The highest BCUT2D eigenvalue weighted by Gasteiger charge is 2.32. The first-order chi connectivity index (χ1) is 14.9. The standard InChI is InChI=1S/C20H23Cl2N3O5S2/c1-15-6-8-16(9-7-15)32(29,30)24-12-10-23(11-13-24)19(26)14-25(31(2,27)28)18-5-3-4-17(21)20(18)22/h3-9H,10-14H2,1-2H3. The van der Waals surface area contributed by atoms with E-state index in [0.29, 0.717) is 0 Å². The average Bonchev–Trinajstić information content (AvgIpc) is 2.74. The van der Waals surface area contributed by atoms with Crippen molar-refractivity contribution in [1.82, 2.24) is 9.21 Å². The Morgan fingerprint density at radius 3 is 2.12 bits per heavy atom. The molecule has 0 saturated carbocycles. The van der Waals surface area contributed by atoms with Crippen molar-refractivity contribution >= 4 is 54.8 Å². The van der Waals surface area contributed by atoms with Crippen molar-refractivity contribution < 1.29 is 21.6 Å². The summed E-state index contributed by atoms with van der Waals surface area (Å²) in [5, 5.41) is 0.196. The Morgan fingerprint density at radius 1 is 0.969 bits per heavy atom. The van der Waals surface area contributed by atoms with Crippen LogP contribution in [0.5, 0.6) is 0 Å². The molecule has 1 aliphatic heterocycles. The first-order valence-corrected chi connectivity index (χ1v) is 13.7. The highest BCUT2D eigenvalue weighted by atomic mass is 35.5. The van der Waals surface area contributed by atoms with Crippen LogP contribution in [0, 0.1) is 6.92 Å². The van der Waals surface area contributed by atoms with Crippen molar-refractivity contribution in [3.05, 3.63) is 58.1 Å². The van der Waals surface area contributed by atoms with Gasteiger partial charge in [-0.25, -0.2) is 16.8 Å². The normalized spacial score (nSPS) is 15.6. The second-order valence-electron chi connectivity index (χ2n) is 7.44. The van der Waals surface area contributed by atoms with Crippen LogP contribution in [0.15, 0.2) is 47.4 Å². The molecule has 12 heteroatoms. The molecule has 0 aromatic heterocycles. The number of carbonyl (C=O) groups is 1. The quantitative estimate of drug-likeness (QED) is 0.584. The lowest BCUT2D eigenvalue weighted by molar-refractivity contribution is -0.130. The van der Waals surface area contributed by atoms with Gasteiger partial charge in [-0.3, -0.25) is 9.10 Å². The van der Waals surface area contributed by atoms with Crippen molar-refractivity contribution in [2.45, 2.75) is 11.8 Å². The molecule has 32 heavy (non-hydrogen) atoms. The summed E-state index contributed by atoms with van der Waals surface area (Å²) in [7, 11) is -7.50. The van der Waals surface area contributed by atoms with E-state index in [1.54, 1.807) is 30.3 Å². The van der Waals surface area contributed by atoms with Crippen LogP contribution < -0.4 is 4.31 Å². The van der Waals surface area contributed by atoms with Gasteiger partial charge in [0.25, 0.3) is 0 Å². The van der Waals surface area contributed by atoms with E-state index in [9.17, 15) is 21.6 Å². The number of carbonyl (C=O) groups excluding carboxylic acids is 1. The number of sulfonamides is 2. The van der Waals surface area contributed by atoms with Crippen LogP contribution in [0.3, 0.4) is 0 Å². The number of anilines is 1. The second-order valence-corrected chi connectivity index (χ2v) is 12.1. The van der Waals surface area contributed by atoms with Crippen molar-refractivity contribution in [1.29, 1.82) is 0 Å². The fourth-order valence-electron chi connectivity index (χ4n) is 3.33. The molecule has 8 nitrogen and oxygen atoms in total. The lowest BCUT2D eigenvalue weighted by Crippen LogP contribution is -2.53. The van der Waals surface area contributed by atoms with E-state index in [1.165, 1.54) is 21.3 Å². The van der Waals surface area contributed by atoms with E-state index in [4.69, 9.17) is 23.2 Å². The summed E-state index contributed by atoms with van der Waals surface area (Å²) in [5.74, 6) is -0.459. The Kier molecular flexibility index (Phi) is 7.41. The second kappa shape index (κ2) is 9.56. The van der Waals surface area contributed by atoms with Crippen LogP contribution in [-0.2, 0) is 24.8 Å². The van der Waals surface area contributed by atoms with E-state index >= 15 is 0 Å². The van der Waals surface area contributed by atoms with Crippen molar-refractivity contribution in [2.24, 2.45) is 0 Å². The molecular weight excluding hydrogens is 497 g/mol. The highest BCUT2D eigenvalue weighted by Crippen LogP contribution is 2.33. The molecule has 0 bridgehead atoms. The predicted octanol–water partition coefficient (Wildman–Crippen LogP) is 2.60. The maximum atomic E-state index is 12.9. The van der Waals surface area contributed by atoms with E-state index in [2.05, 4.69) is 0 Å². The summed E-state index contributed by atoms with van der Waals surface area (Å²) in [4.78, 5) is 14.5. The number of amides is 1. The molecule has 1 amide bonds. The molecule has 0 atom stereocenters. The van der Waals surface area contributed by atoms with Gasteiger partial charge in [0, 0.05) is 26.2 Å². The summed E-state index contributed by atoms with van der Waals surface area (Å²) in [6, 6.07) is 11.1. The first kappa shape index (κ1) is 24.8. The maximum Gasteiger partial charge on any atom is 0.243 e. The molecule has 0 N–H and O–H groups in total. The Labute approximate surface area is 198 Å². The van der Waals surface area contributed by atoms with Gasteiger partial charge in [0.05, 0.1) is 26.9 Å². The van der Waals surface area contributed by atoms with Crippen molar-refractivity contribution in [3.8, 4) is 0 Å². The smallest absolute Gasteiger partial charge is 0.243 e. The maximum absolute atomic E-state index is 12.9. The number of piperazine rings is 1. The molecule has 0 aliphatic carbocycles. The van der Waals surface area contributed by atoms with Gasteiger partial charge in [-0.15, -0.1) is 0 Å². The predicted molar refractivity (Wildman–Crippen MR) is 125 cm³/mol. The number of hydrogen-bond acceptors (Lipinski definition) is 5. The van der Waals surface area contributed by atoms with Crippen LogP contribution in [-0.4, -0.2) is 70.9 Å². The van der Waals surface area contributed by atoms with Gasteiger partial charge >= 0.3 is 0 Å². The average molecular weight is 520 g/mol. The summed E-state index contributed by atoms with van der Waals surface area (Å²) in [6.07, 6.45) is 0.976. The molecule has 174 valence electrons. The Balaban J connectivity index is 1.71. The van der Waals surface area contributed by atoms with Crippen LogP contribution in [0.25, 0.3) is 0 Å². The van der Waals surface area contributed by atoms with E-state index < -0.39 is 32.5 Å². The molecule has 1 fully saturated rings. The van der Waals surface area contributed by atoms with Crippen LogP contribution in [0.2, 0.25) is 10.0 Å². The molecule has 1 heterocycles. The Morgan fingerprint density at radius 2 is 1.56 bits per heavy atom. The fraction of sp³-hybridized carbons (Fsp3) is 0.350. The zero-order valence-corrected chi connectivity index (χ0v) is 20.7. The number of benzene rings is 2. The number of halogens is 2. The van der Waals surface area contributed by atoms with Gasteiger partial charge in [-0.05, 0) is 31.2 Å². The number of nitrogens with zero attached hydrogens (tertiary/aromatic N) is 3. The van der Waals surface area contributed by atoms with Gasteiger partial charge in [0.1, 0.15) is 6.54 Å². The number of rotatable bonds is 6. The fourth-order valence-corrected chi connectivity index (χ4v) is 6.05. The number of aryl methyl sites for hydroxylation is 1. The van der Waals surface area contributed by atoms with Crippen LogP contribution >= 0.6 is 23.2 Å². The molecule has 3 rings (SSSR count). The summed E-state index contributed by atoms with van der Waals surface area (Å²) < 4.78 is 52.6. The molecule has 2 aromatic carbocycles. The lowest BCUT2D eigenvalue weighted by atomic mass is 10.2. The zero-order valence-electron chi connectivity index (χ0n) is 17.5. The molecular formula is C20H23Cl2N3O5S2. The van der Waals surface area contributed by atoms with Gasteiger partial charge in [0.15, 0.2) is 0 Å². The molecule has 0 radical (unpaired) electrons. The molecule has 1 saturated heterocycles. The summed E-state index contributed by atoms with van der Waals surface area (Å²) >= 11 is 12.2. The van der Waals surface area contributed by atoms with Gasteiger partial charge in [-0.1, -0.05) is 47.0 Å². The van der Waals surface area contributed by atoms with Crippen LogP contribution in [0.1, 0.15) is 5.56 Å². The summed E-state index contributed by atoms with van der Waals surface area (Å²) in [6.45, 7) is 1.91. The Hall–Kier alpha value is -1.85. The minimum Gasteiger partial charge on any atom is -0.338 e. The zero-order chi connectivity index (χ0) is 23.7. The Bertz CT molecular complexity index is 1210. The third-order valence-corrected chi connectivity index (χ3v) is 8.98. The molecule has 0 spiro atoms. The van der Waals surface area contributed by atoms with Gasteiger partial charge < -0.3 is 4.90 Å². The largest absolute Gasteiger partial charge is 0.338 e. The minimum absolute atomic E-state index is 0.0291. The van der Waals surface area contributed by atoms with E-state index in [-0.39, 0.29) is 46.8 Å². The molecule has 2 aromatic rings. The van der Waals surface area contributed by atoms with Gasteiger partial charge in [0.2, 0.25) is 26.0 Å². The monoisotopic (exact) mass is 519 g/mol. The van der Waals surface area contributed by atoms with Crippen molar-refractivity contribution in [2.75, 3.05) is 43.3 Å². The van der Waals surface area contributed by atoms with Gasteiger partial charge in [-0.2, -0.15) is 4.31 Å². The third-order valence-electron chi connectivity index (χ3n) is 5.13. The number of hydrogen-bond donors (Lipinski definition) is 0. The molecule has 0 unspecified atom stereocenters. The van der Waals surface area contributed by atoms with E-state index in [0.717, 1.165) is 16.1 Å². The van der Waals surface area contributed by atoms with Crippen molar-refractivity contribution in [3.63, 3.8) is 0 Å². The first-order valence-electron chi connectivity index (χ1n) is 9.67. The SMILES string of the molecule is Cc1ccc(S(=O)(=O)N2CCN(C(=O)CN(c3cccc(Cl)c3Cl)S(C)(=O)=O)CC2)cc1. The lowest BCUT2D eigenvalue weighted by Gasteiger charge is -2.35. The summed E-state index contributed by atoms with van der Waals surface area (Å²) in [5.41, 5.74) is 1.06. The third kappa shape index (κ3) is 5.37. The topological polar surface area (TPSA) is 95.1 Å². The van der Waals surface area contributed by atoms with Crippen LogP contribution in [0.4, 0.5) is 5.69 Å².